The van der Waals surface area contributed by atoms with Crippen LogP contribution < -0.4 is 5.32 Å². The second kappa shape index (κ2) is 8.16. The zero-order valence-corrected chi connectivity index (χ0v) is 12.9. The fraction of sp³-hybridized carbons (Fsp3) is 1.00. The second-order valence-corrected chi connectivity index (χ2v) is 7.04. The fourth-order valence-corrected chi connectivity index (χ4v) is 2.62. The lowest BCUT2D eigenvalue weighted by Crippen LogP contribution is -2.25. The molecule has 0 aromatic carbocycles. The highest BCUT2D eigenvalue weighted by Gasteiger charge is 2.20. The normalized spacial score (nSPS) is 20.8. The first kappa shape index (κ1) is 16.0. The summed E-state index contributed by atoms with van der Waals surface area (Å²) in [6, 6.07) is 0. The molecular weight excluding hydrogens is 222 g/mol. The molecule has 0 aliphatic carbocycles. The molecule has 0 aromatic heterocycles. The molecule has 1 rings (SSSR count). The van der Waals surface area contributed by atoms with Crippen molar-refractivity contribution in [3.63, 3.8) is 0 Å². The average molecular weight is 255 g/mol. The van der Waals surface area contributed by atoms with Crippen molar-refractivity contribution >= 4 is 0 Å². The third kappa shape index (κ3) is 7.38. The largest absolute Gasteiger partial charge is 0.378 e. The van der Waals surface area contributed by atoms with Crippen LogP contribution in [0.5, 0.6) is 0 Å². The molecule has 1 aliphatic rings. The molecule has 1 unspecified atom stereocenters. The summed E-state index contributed by atoms with van der Waals surface area (Å²) in [6.45, 7) is 12.6. The number of hydrogen-bond donors (Lipinski definition) is 1. The van der Waals surface area contributed by atoms with E-state index < -0.39 is 0 Å². The van der Waals surface area contributed by atoms with Crippen LogP contribution in [0, 0.1) is 11.3 Å². The van der Waals surface area contributed by atoms with Crippen LogP contribution in [0.4, 0.5) is 0 Å². The molecule has 108 valence electrons. The molecule has 0 bridgehead atoms. The number of ether oxygens (including phenoxy) is 1. The molecule has 1 N–H and O–H groups in total. The third-order valence-electron chi connectivity index (χ3n) is 3.93. The molecule has 2 nitrogen and oxygen atoms in total. The standard InChI is InChI=1S/C16H33NO/c1-14(2)13-17-11-10-16(3,4)9-5-7-15-8-6-12-18-15/h14-15,17H,5-13H2,1-4H3. The van der Waals surface area contributed by atoms with Gasteiger partial charge < -0.3 is 10.1 Å². The minimum absolute atomic E-state index is 0.475. The van der Waals surface area contributed by atoms with Gasteiger partial charge in [0.15, 0.2) is 0 Å². The van der Waals surface area contributed by atoms with E-state index in [1.807, 2.05) is 0 Å². The van der Waals surface area contributed by atoms with E-state index in [1.165, 1.54) is 38.5 Å². The van der Waals surface area contributed by atoms with E-state index in [9.17, 15) is 0 Å². The Kier molecular flexibility index (Phi) is 7.25. The van der Waals surface area contributed by atoms with Crippen LogP contribution in [-0.4, -0.2) is 25.8 Å². The summed E-state index contributed by atoms with van der Waals surface area (Å²) in [5.41, 5.74) is 0.475. The molecule has 0 saturated carbocycles. The van der Waals surface area contributed by atoms with Crippen molar-refractivity contribution in [2.45, 2.75) is 72.3 Å². The summed E-state index contributed by atoms with van der Waals surface area (Å²) in [5.74, 6) is 0.757. The van der Waals surface area contributed by atoms with Gasteiger partial charge in [-0.15, -0.1) is 0 Å². The van der Waals surface area contributed by atoms with Crippen molar-refractivity contribution in [2.75, 3.05) is 19.7 Å². The number of hydrogen-bond acceptors (Lipinski definition) is 2. The van der Waals surface area contributed by atoms with Crippen molar-refractivity contribution in [3.8, 4) is 0 Å². The van der Waals surface area contributed by atoms with Gasteiger partial charge in [0.2, 0.25) is 0 Å². The van der Waals surface area contributed by atoms with E-state index in [0.29, 0.717) is 11.5 Å². The van der Waals surface area contributed by atoms with Crippen molar-refractivity contribution in [3.05, 3.63) is 0 Å². The summed E-state index contributed by atoms with van der Waals surface area (Å²) < 4.78 is 5.68. The van der Waals surface area contributed by atoms with Crippen molar-refractivity contribution in [2.24, 2.45) is 11.3 Å². The third-order valence-corrected chi connectivity index (χ3v) is 3.93. The molecule has 0 aromatic rings. The Morgan fingerprint density at radius 3 is 2.67 bits per heavy atom. The van der Waals surface area contributed by atoms with E-state index in [0.717, 1.165) is 25.6 Å². The van der Waals surface area contributed by atoms with Gasteiger partial charge >= 0.3 is 0 Å². The van der Waals surface area contributed by atoms with Crippen LogP contribution in [0.25, 0.3) is 0 Å². The monoisotopic (exact) mass is 255 g/mol. The molecule has 1 saturated heterocycles. The first-order valence-corrected chi connectivity index (χ1v) is 7.82. The molecule has 1 atom stereocenters. The highest BCUT2D eigenvalue weighted by molar-refractivity contribution is 4.72. The maximum Gasteiger partial charge on any atom is 0.0576 e. The van der Waals surface area contributed by atoms with E-state index in [4.69, 9.17) is 4.74 Å². The van der Waals surface area contributed by atoms with Gasteiger partial charge in [0.25, 0.3) is 0 Å². The summed E-state index contributed by atoms with van der Waals surface area (Å²) in [4.78, 5) is 0. The Morgan fingerprint density at radius 2 is 2.06 bits per heavy atom. The van der Waals surface area contributed by atoms with Gasteiger partial charge in [-0.05, 0) is 56.5 Å². The summed E-state index contributed by atoms with van der Waals surface area (Å²) in [7, 11) is 0. The Morgan fingerprint density at radius 1 is 1.28 bits per heavy atom. The maximum absolute atomic E-state index is 5.68. The minimum Gasteiger partial charge on any atom is -0.378 e. The lowest BCUT2D eigenvalue weighted by molar-refractivity contribution is 0.0983. The quantitative estimate of drug-likeness (QED) is 0.629. The van der Waals surface area contributed by atoms with Gasteiger partial charge in [-0.1, -0.05) is 34.1 Å². The Hall–Kier alpha value is -0.0800. The van der Waals surface area contributed by atoms with Crippen molar-refractivity contribution in [1.82, 2.24) is 5.32 Å². The Labute approximate surface area is 114 Å². The molecule has 1 fully saturated rings. The molecule has 1 heterocycles. The summed E-state index contributed by atoms with van der Waals surface area (Å²) in [5, 5.41) is 3.55. The second-order valence-electron chi connectivity index (χ2n) is 7.04. The van der Waals surface area contributed by atoms with Gasteiger partial charge in [-0.25, -0.2) is 0 Å². The smallest absolute Gasteiger partial charge is 0.0576 e. The molecule has 2 heteroatoms. The van der Waals surface area contributed by atoms with Crippen LogP contribution >= 0.6 is 0 Å². The van der Waals surface area contributed by atoms with Crippen LogP contribution in [0.15, 0.2) is 0 Å². The number of nitrogens with one attached hydrogen (secondary N) is 1. The van der Waals surface area contributed by atoms with Crippen LogP contribution in [0.3, 0.4) is 0 Å². The Bertz CT molecular complexity index is 207. The fourth-order valence-electron chi connectivity index (χ4n) is 2.62. The maximum atomic E-state index is 5.68. The highest BCUT2D eigenvalue weighted by atomic mass is 16.5. The lowest BCUT2D eigenvalue weighted by Gasteiger charge is -2.25. The van der Waals surface area contributed by atoms with E-state index in [-0.39, 0.29) is 0 Å². The van der Waals surface area contributed by atoms with E-state index in [2.05, 4.69) is 33.0 Å². The summed E-state index contributed by atoms with van der Waals surface area (Å²) >= 11 is 0. The van der Waals surface area contributed by atoms with Crippen LogP contribution in [0.2, 0.25) is 0 Å². The topological polar surface area (TPSA) is 21.3 Å². The van der Waals surface area contributed by atoms with Crippen LogP contribution in [0.1, 0.15) is 66.2 Å². The van der Waals surface area contributed by atoms with E-state index >= 15 is 0 Å². The summed E-state index contributed by atoms with van der Waals surface area (Å²) in [6.07, 6.45) is 8.33. The SMILES string of the molecule is CC(C)CNCCC(C)(C)CCCC1CCCO1. The molecule has 0 spiro atoms. The van der Waals surface area contributed by atoms with Crippen molar-refractivity contribution in [1.29, 1.82) is 0 Å². The van der Waals surface area contributed by atoms with Gasteiger partial charge in [0.05, 0.1) is 6.10 Å². The van der Waals surface area contributed by atoms with Gasteiger partial charge in [0.1, 0.15) is 0 Å². The number of rotatable bonds is 9. The first-order chi connectivity index (χ1) is 8.49. The molecule has 1 aliphatic heterocycles. The molecule has 18 heavy (non-hydrogen) atoms. The Balaban J connectivity index is 2.03. The first-order valence-electron chi connectivity index (χ1n) is 7.82. The molecular formula is C16H33NO. The van der Waals surface area contributed by atoms with Gasteiger partial charge in [-0.2, -0.15) is 0 Å². The average Bonchev–Trinajstić information content (AvgIpc) is 2.77. The van der Waals surface area contributed by atoms with Crippen molar-refractivity contribution < 1.29 is 4.74 Å². The van der Waals surface area contributed by atoms with Gasteiger partial charge in [-0.3, -0.25) is 0 Å². The zero-order chi connectivity index (χ0) is 13.4. The van der Waals surface area contributed by atoms with E-state index in [1.54, 1.807) is 0 Å². The predicted molar refractivity (Wildman–Crippen MR) is 78.9 cm³/mol. The molecule has 0 radical (unpaired) electrons. The van der Waals surface area contributed by atoms with Gasteiger partial charge in [0, 0.05) is 6.61 Å². The highest BCUT2D eigenvalue weighted by Crippen LogP contribution is 2.28. The molecule has 0 amide bonds. The predicted octanol–water partition coefficient (Wildman–Crippen LogP) is 4.00. The lowest BCUT2D eigenvalue weighted by atomic mass is 9.83. The van der Waals surface area contributed by atoms with Crippen LogP contribution in [-0.2, 0) is 4.74 Å². The zero-order valence-electron chi connectivity index (χ0n) is 12.9. The minimum atomic E-state index is 0.475.